The highest BCUT2D eigenvalue weighted by atomic mass is 35.5. The first-order chi connectivity index (χ1) is 8.45. The predicted molar refractivity (Wildman–Crippen MR) is 58.1 cm³/mol. The molecule has 0 N–H and O–H groups in total. The zero-order valence-corrected chi connectivity index (χ0v) is 9.83. The van der Waals surface area contributed by atoms with Crippen LogP contribution >= 0.6 is 11.6 Å². The van der Waals surface area contributed by atoms with E-state index in [2.05, 4.69) is 15.1 Å². The molecule has 0 bridgehead atoms. The van der Waals surface area contributed by atoms with Crippen LogP contribution in [0.25, 0.3) is 11.0 Å². The Kier molecular flexibility index (Phi) is 2.48. The van der Waals surface area contributed by atoms with Gasteiger partial charge in [0.1, 0.15) is 5.15 Å². The van der Waals surface area contributed by atoms with Gasteiger partial charge in [-0.2, -0.15) is 18.3 Å². The number of hydrogen-bond acceptors (Lipinski definition) is 3. The maximum absolute atomic E-state index is 12.6. The van der Waals surface area contributed by atoms with Gasteiger partial charge in [-0.15, -0.1) is 0 Å². The third-order valence-electron chi connectivity index (χ3n) is 2.83. The lowest BCUT2D eigenvalue weighted by atomic mass is 10.4. The lowest BCUT2D eigenvalue weighted by molar-refractivity contribution is -0.144. The highest BCUT2D eigenvalue weighted by Crippen LogP contribution is 2.33. The molecule has 0 spiro atoms. The molecule has 1 aliphatic rings. The van der Waals surface area contributed by atoms with Crippen molar-refractivity contribution in [3.8, 4) is 0 Å². The summed E-state index contributed by atoms with van der Waals surface area (Å²) in [6.07, 6.45) is -1.05. The molecule has 1 aliphatic carbocycles. The van der Waals surface area contributed by atoms with Crippen LogP contribution in [-0.2, 0) is 12.7 Å². The predicted octanol–water partition coefficient (Wildman–Crippen LogP) is 2.91. The van der Waals surface area contributed by atoms with Crippen LogP contribution < -0.4 is 0 Å². The summed E-state index contributed by atoms with van der Waals surface area (Å²) in [6, 6.07) is 0. The Balaban J connectivity index is 2.13. The van der Waals surface area contributed by atoms with Crippen molar-refractivity contribution in [1.82, 2.24) is 19.7 Å². The molecule has 0 aliphatic heterocycles. The maximum Gasteiger partial charge on any atom is 0.451 e. The molecule has 2 aromatic heterocycles. The summed E-state index contributed by atoms with van der Waals surface area (Å²) in [7, 11) is 0. The second-order valence-electron chi connectivity index (χ2n) is 4.34. The molecule has 2 heterocycles. The molecule has 0 aromatic carbocycles. The van der Waals surface area contributed by atoms with Crippen molar-refractivity contribution in [2.75, 3.05) is 0 Å². The van der Waals surface area contributed by atoms with Crippen LogP contribution in [0.1, 0.15) is 18.7 Å². The van der Waals surface area contributed by atoms with Gasteiger partial charge in [-0.05, 0) is 18.8 Å². The van der Waals surface area contributed by atoms with Gasteiger partial charge in [0.15, 0.2) is 5.65 Å². The number of rotatable bonds is 2. The van der Waals surface area contributed by atoms with Crippen LogP contribution in [0.2, 0.25) is 5.15 Å². The summed E-state index contributed by atoms with van der Waals surface area (Å²) in [6.45, 7) is 0.578. The van der Waals surface area contributed by atoms with Gasteiger partial charge in [0.05, 0.1) is 11.6 Å². The number of aromatic nitrogens is 4. The number of halogens is 4. The van der Waals surface area contributed by atoms with Crippen molar-refractivity contribution in [3.63, 3.8) is 0 Å². The largest absolute Gasteiger partial charge is 0.451 e. The Hall–Kier alpha value is -1.37. The van der Waals surface area contributed by atoms with E-state index < -0.39 is 12.0 Å². The number of nitrogens with zero attached hydrogens (tertiary/aromatic N) is 4. The second-order valence-corrected chi connectivity index (χ2v) is 4.70. The molecule has 8 heteroatoms. The second kappa shape index (κ2) is 3.81. The standard InChI is InChI=1S/C10H8ClF3N4/c11-7-6-3-15-18(4-5-1-2-5)8(6)17-9(16-7)10(12,13)14/h3,5H,1-2,4H2. The summed E-state index contributed by atoms with van der Waals surface area (Å²) in [4.78, 5) is 6.78. The third-order valence-corrected chi connectivity index (χ3v) is 3.12. The molecule has 18 heavy (non-hydrogen) atoms. The third kappa shape index (κ3) is 2.03. The first-order valence-electron chi connectivity index (χ1n) is 5.41. The molecular formula is C10H8ClF3N4. The molecule has 0 amide bonds. The topological polar surface area (TPSA) is 43.6 Å². The van der Waals surface area contributed by atoms with Crippen molar-refractivity contribution in [2.24, 2.45) is 5.92 Å². The van der Waals surface area contributed by atoms with Crippen LogP contribution in [0, 0.1) is 5.92 Å². The number of alkyl halides is 3. The molecule has 2 aromatic rings. The zero-order valence-electron chi connectivity index (χ0n) is 9.08. The zero-order chi connectivity index (χ0) is 12.9. The first-order valence-corrected chi connectivity index (χ1v) is 5.79. The van der Waals surface area contributed by atoms with Crippen LogP contribution in [0.15, 0.2) is 6.20 Å². The summed E-state index contributed by atoms with van der Waals surface area (Å²) >= 11 is 5.73. The van der Waals surface area contributed by atoms with Gasteiger partial charge >= 0.3 is 6.18 Å². The monoisotopic (exact) mass is 276 g/mol. The highest BCUT2D eigenvalue weighted by Gasteiger charge is 2.36. The Morgan fingerprint density at radius 2 is 2.06 bits per heavy atom. The molecule has 4 nitrogen and oxygen atoms in total. The van der Waals surface area contributed by atoms with Crippen LogP contribution in [0.3, 0.4) is 0 Å². The van der Waals surface area contributed by atoms with E-state index in [1.165, 1.54) is 10.9 Å². The lowest BCUT2D eigenvalue weighted by Crippen LogP contribution is -2.12. The Morgan fingerprint density at radius 1 is 1.33 bits per heavy atom. The van der Waals surface area contributed by atoms with Crippen molar-refractivity contribution in [3.05, 3.63) is 17.2 Å². The fraction of sp³-hybridized carbons (Fsp3) is 0.500. The first kappa shape index (κ1) is 11.7. The van der Waals surface area contributed by atoms with E-state index in [1.54, 1.807) is 0 Å². The molecule has 3 rings (SSSR count). The van der Waals surface area contributed by atoms with Crippen molar-refractivity contribution < 1.29 is 13.2 Å². The van der Waals surface area contributed by atoms with E-state index in [-0.39, 0.29) is 10.8 Å². The minimum atomic E-state index is -4.60. The van der Waals surface area contributed by atoms with E-state index in [4.69, 9.17) is 11.6 Å². The lowest BCUT2D eigenvalue weighted by Gasteiger charge is -2.06. The van der Waals surface area contributed by atoms with Gasteiger partial charge in [-0.3, -0.25) is 0 Å². The van der Waals surface area contributed by atoms with Gasteiger partial charge in [0.25, 0.3) is 0 Å². The molecule has 0 saturated heterocycles. The maximum atomic E-state index is 12.6. The van der Waals surface area contributed by atoms with Crippen molar-refractivity contribution in [2.45, 2.75) is 25.6 Å². The van der Waals surface area contributed by atoms with E-state index in [0.717, 1.165) is 12.8 Å². The van der Waals surface area contributed by atoms with Crippen LogP contribution in [0.5, 0.6) is 0 Å². The fourth-order valence-corrected chi connectivity index (χ4v) is 1.94. The molecule has 1 fully saturated rings. The van der Waals surface area contributed by atoms with Gasteiger partial charge in [-0.1, -0.05) is 11.6 Å². The molecular weight excluding hydrogens is 269 g/mol. The van der Waals surface area contributed by atoms with Crippen LogP contribution in [0.4, 0.5) is 13.2 Å². The van der Waals surface area contributed by atoms with E-state index in [1.807, 2.05) is 0 Å². The van der Waals surface area contributed by atoms with E-state index in [0.29, 0.717) is 17.8 Å². The number of hydrogen-bond donors (Lipinski definition) is 0. The number of fused-ring (bicyclic) bond motifs is 1. The minimum Gasteiger partial charge on any atom is -0.247 e. The van der Waals surface area contributed by atoms with Gasteiger partial charge in [0.2, 0.25) is 5.82 Å². The van der Waals surface area contributed by atoms with Crippen LogP contribution in [-0.4, -0.2) is 19.7 Å². The highest BCUT2D eigenvalue weighted by molar-refractivity contribution is 6.33. The quantitative estimate of drug-likeness (QED) is 0.792. The molecule has 96 valence electrons. The summed E-state index contributed by atoms with van der Waals surface area (Å²) < 4.78 is 39.3. The fourth-order valence-electron chi connectivity index (χ4n) is 1.73. The molecule has 0 atom stereocenters. The van der Waals surface area contributed by atoms with Crippen molar-refractivity contribution >= 4 is 22.6 Å². The molecule has 1 saturated carbocycles. The van der Waals surface area contributed by atoms with Crippen molar-refractivity contribution in [1.29, 1.82) is 0 Å². The Morgan fingerprint density at radius 3 is 2.67 bits per heavy atom. The van der Waals surface area contributed by atoms with Gasteiger partial charge < -0.3 is 0 Å². The Bertz CT molecular complexity index is 603. The van der Waals surface area contributed by atoms with E-state index in [9.17, 15) is 13.2 Å². The minimum absolute atomic E-state index is 0.147. The molecule has 0 radical (unpaired) electrons. The normalized spacial score (nSPS) is 16.4. The summed E-state index contributed by atoms with van der Waals surface area (Å²) in [5.41, 5.74) is 0.147. The smallest absolute Gasteiger partial charge is 0.247 e. The Labute approximate surface area is 105 Å². The van der Waals surface area contributed by atoms with Gasteiger partial charge in [0, 0.05) is 6.54 Å². The summed E-state index contributed by atoms with van der Waals surface area (Å²) in [5, 5.41) is 4.16. The average Bonchev–Trinajstić information content (AvgIpc) is 2.98. The summed E-state index contributed by atoms with van der Waals surface area (Å²) in [5.74, 6) is -0.742. The molecule has 0 unspecified atom stereocenters. The average molecular weight is 277 g/mol. The SMILES string of the molecule is FC(F)(F)c1nc(Cl)c2cnn(CC3CC3)c2n1. The van der Waals surface area contributed by atoms with E-state index >= 15 is 0 Å². The van der Waals surface area contributed by atoms with Gasteiger partial charge in [-0.25, -0.2) is 14.6 Å².